The molecular weight excluding hydrogens is 196 g/mol. The zero-order valence-electron chi connectivity index (χ0n) is 10.1. The molecule has 2 rings (SSSR count). The highest BCUT2D eigenvalue weighted by molar-refractivity contribution is 6.04. The van der Waals surface area contributed by atoms with Crippen LogP contribution in [0.15, 0.2) is 40.3 Å². The van der Waals surface area contributed by atoms with E-state index >= 15 is 0 Å². The highest BCUT2D eigenvalue weighted by atomic mass is 15.0. The van der Waals surface area contributed by atoms with E-state index in [4.69, 9.17) is 4.99 Å². The van der Waals surface area contributed by atoms with Gasteiger partial charge in [-0.15, -0.1) is 0 Å². The van der Waals surface area contributed by atoms with Gasteiger partial charge in [-0.2, -0.15) is 0 Å². The van der Waals surface area contributed by atoms with Gasteiger partial charge in [0.1, 0.15) is 0 Å². The van der Waals surface area contributed by atoms with Crippen LogP contribution in [-0.4, -0.2) is 18.1 Å². The fraction of sp³-hybridized carbons (Fsp3) is 0.429. The smallest absolute Gasteiger partial charge is 0.154 e. The zero-order valence-corrected chi connectivity index (χ0v) is 10.1. The Labute approximate surface area is 97.1 Å². The van der Waals surface area contributed by atoms with Gasteiger partial charge < -0.3 is 0 Å². The summed E-state index contributed by atoms with van der Waals surface area (Å²) in [5.74, 6) is 0.867. The first-order valence-electron chi connectivity index (χ1n) is 5.73. The normalized spacial score (nSPS) is 20.7. The van der Waals surface area contributed by atoms with Crippen molar-refractivity contribution in [2.24, 2.45) is 15.4 Å². The average Bonchev–Trinajstić information content (AvgIpc) is 2.29. The Bertz CT molecular complexity index is 410. The molecule has 1 aliphatic rings. The summed E-state index contributed by atoms with van der Waals surface area (Å²) in [6.07, 6.45) is 2.94. The van der Waals surface area contributed by atoms with Gasteiger partial charge in [0.05, 0.1) is 6.04 Å². The summed E-state index contributed by atoms with van der Waals surface area (Å²) in [5, 5.41) is 0. The number of hydrogen-bond donors (Lipinski definition) is 0. The zero-order chi connectivity index (χ0) is 11.6. The maximum absolute atomic E-state index is 4.74. The second-order valence-corrected chi connectivity index (χ2v) is 5.25. The van der Waals surface area contributed by atoms with E-state index < -0.39 is 0 Å². The second kappa shape index (κ2) is 4.20. The Morgan fingerprint density at radius 2 is 1.81 bits per heavy atom. The van der Waals surface area contributed by atoms with Crippen molar-refractivity contribution in [3.8, 4) is 0 Å². The van der Waals surface area contributed by atoms with E-state index in [-0.39, 0.29) is 5.41 Å². The van der Waals surface area contributed by atoms with Gasteiger partial charge in [-0.3, -0.25) is 4.99 Å². The van der Waals surface area contributed by atoms with Crippen molar-refractivity contribution in [3.05, 3.63) is 35.9 Å². The van der Waals surface area contributed by atoms with Crippen LogP contribution in [-0.2, 0) is 0 Å². The predicted octanol–water partition coefficient (Wildman–Crippen LogP) is 3.32. The van der Waals surface area contributed by atoms with E-state index in [2.05, 4.69) is 37.9 Å². The molecule has 2 heteroatoms. The summed E-state index contributed by atoms with van der Waals surface area (Å²) in [5.41, 5.74) is 1.31. The van der Waals surface area contributed by atoms with Crippen molar-refractivity contribution in [1.82, 2.24) is 0 Å². The molecule has 1 aliphatic heterocycles. The first-order chi connectivity index (χ1) is 7.57. The van der Waals surface area contributed by atoms with E-state index in [1.165, 1.54) is 0 Å². The van der Waals surface area contributed by atoms with Crippen LogP contribution < -0.4 is 0 Å². The minimum Gasteiger partial charge on any atom is -0.262 e. The van der Waals surface area contributed by atoms with Gasteiger partial charge in [0.2, 0.25) is 0 Å². The van der Waals surface area contributed by atoms with Crippen LogP contribution in [0.1, 0.15) is 32.8 Å². The van der Waals surface area contributed by atoms with Crippen molar-refractivity contribution in [1.29, 1.82) is 0 Å². The quantitative estimate of drug-likeness (QED) is 0.685. The number of rotatable bonds is 1. The number of benzene rings is 1. The summed E-state index contributed by atoms with van der Waals surface area (Å²) in [6.45, 7) is 6.68. The van der Waals surface area contributed by atoms with Crippen molar-refractivity contribution in [2.45, 2.75) is 33.2 Å². The third kappa shape index (κ3) is 2.38. The fourth-order valence-electron chi connectivity index (χ4n) is 1.76. The Balaban J connectivity index is 2.29. The highest BCUT2D eigenvalue weighted by Gasteiger charge is 2.25. The van der Waals surface area contributed by atoms with Crippen LogP contribution in [0.5, 0.6) is 0 Å². The molecule has 0 amide bonds. The minimum atomic E-state index is 0.201. The molecule has 1 aromatic carbocycles. The summed E-state index contributed by atoms with van der Waals surface area (Å²) in [6, 6.07) is 10.5. The topological polar surface area (TPSA) is 24.7 Å². The van der Waals surface area contributed by atoms with Crippen LogP contribution >= 0.6 is 0 Å². The lowest BCUT2D eigenvalue weighted by Gasteiger charge is -2.28. The van der Waals surface area contributed by atoms with Gasteiger partial charge in [0.25, 0.3) is 0 Å². The molecule has 1 unspecified atom stereocenters. The van der Waals surface area contributed by atoms with E-state index in [1.807, 2.05) is 24.4 Å². The standard InChI is InChI=1S/C14H18N2/c1-14(2,3)12-9-10-15-13(16-12)11-7-5-4-6-8-11/h4-8,10,12H,9H2,1-3H3. The van der Waals surface area contributed by atoms with Crippen molar-refractivity contribution >= 4 is 12.1 Å². The largest absolute Gasteiger partial charge is 0.262 e. The molecule has 0 spiro atoms. The van der Waals surface area contributed by atoms with Gasteiger partial charge in [0, 0.05) is 18.2 Å². The average molecular weight is 214 g/mol. The second-order valence-electron chi connectivity index (χ2n) is 5.25. The van der Waals surface area contributed by atoms with E-state index in [0.717, 1.165) is 17.8 Å². The van der Waals surface area contributed by atoms with E-state index in [1.54, 1.807) is 0 Å². The lowest BCUT2D eigenvalue weighted by Crippen LogP contribution is -2.28. The van der Waals surface area contributed by atoms with Gasteiger partial charge >= 0.3 is 0 Å². The molecule has 16 heavy (non-hydrogen) atoms. The van der Waals surface area contributed by atoms with Crippen molar-refractivity contribution in [2.75, 3.05) is 0 Å². The maximum atomic E-state index is 4.74. The molecule has 0 saturated heterocycles. The first kappa shape index (κ1) is 11.1. The van der Waals surface area contributed by atoms with Crippen molar-refractivity contribution < 1.29 is 0 Å². The van der Waals surface area contributed by atoms with Gasteiger partial charge in [-0.25, -0.2) is 4.99 Å². The predicted molar refractivity (Wildman–Crippen MR) is 69.3 cm³/mol. The molecule has 1 aromatic rings. The molecule has 0 saturated carbocycles. The molecule has 0 aromatic heterocycles. The lowest BCUT2D eigenvalue weighted by molar-refractivity contribution is 0.329. The molecule has 0 fully saturated rings. The monoisotopic (exact) mass is 214 g/mol. The number of amidine groups is 1. The summed E-state index contributed by atoms with van der Waals surface area (Å²) >= 11 is 0. The molecule has 0 radical (unpaired) electrons. The number of nitrogens with zero attached hydrogens (tertiary/aromatic N) is 2. The Kier molecular flexibility index (Phi) is 2.90. The van der Waals surface area contributed by atoms with Crippen LogP contribution in [0.3, 0.4) is 0 Å². The first-order valence-corrected chi connectivity index (χ1v) is 5.73. The van der Waals surface area contributed by atoms with Gasteiger partial charge in [-0.05, 0) is 5.41 Å². The SMILES string of the molecule is CC(C)(C)C1CC=NC(c2ccccc2)=N1. The van der Waals surface area contributed by atoms with Gasteiger partial charge in [0.15, 0.2) is 5.84 Å². The highest BCUT2D eigenvalue weighted by Crippen LogP contribution is 2.26. The molecule has 84 valence electrons. The third-order valence-electron chi connectivity index (χ3n) is 2.85. The third-order valence-corrected chi connectivity index (χ3v) is 2.85. The van der Waals surface area contributed by atoms with Crippen LogP contribution in [0.25, 0.3) is 0 Å². The molecule has 0 bridgehead atoms. The molecule has 1 heterocycles. The maximum Gasteiger partial charge on any atom is 0.154 e. The summed E-state index contributed by atoms with van der Waals surface area (Å²) < 4.78 is 0. The molecule has 1 atom stereocenters. The molecule has 0 aliphatic carbocycles. The molecule has 2 nitrogen and oxygen atoms in total. The van der Waals surface area contributed by atoms with Crippen LogP contribution in [0, 0.1) is 5.41 Å². The Morgan fingerprint density at radius 3 is 2.44 bits per heavy atom. The molecule has 0 N–H and O–H groups in total. The van der Waals surface area contributed by atoms with Crippen molar-refractivity contribution in [3.63, 3.8) is 0 Å². The fourth-order valence-corrected chi connectivity index (χ4v) is 1.76. The van der Waals surface area contributed by atoms with Gasteiger partial charge in [-0.1, -0.05) is 51.1 Å². The Morgan fingerprint density at radius 1 is 1.12 bits per heavy atom. The number of aliphatic imine (C=N–C) groups is 2. The van der Waals surface area contributed by atoms with Crippen LogP contribution in [0.4, 0.5) is 0 Å². The van der Waals surface area contributed by atoms with Crippen LogP contribution in [0.2, 0.25) is 0 Å². The minimum absolute atomic E-state index is 0.201. The Hall–Kier alpha value is -1.44. The number of hydrogen-bond acceptors (Lipinski definition) is 2. The summed E-state index contributed by atoms with van der Waals surface area (Å²) in [7, 11) is 0. The van der Waals surface area contributed by atoms with E-state index in [0.29, 0.717) is 6.04 Å². The molecular formula is C14H18N2. The van der Waals surface area contributed by atoms with E-state index in [9.17, 15) is 0 Å². The lowest BCUT2D eigenvalue weighted by atomic mass is 9.85. The summed E-state index contributed by atoms with van der Waals surface area (Å²) in [4.78, 5) is 9.13.